The van der Waals surface area contributed by atoms with E-state index in [0.717, 1.165) is 4.60 Å². The molecular weight excluding hydrogens is 249 g/mol. The highest BCUT2D eigenvalue weighted by molar-refractivity contribution is 9.10. The predicted molar refractivity (Wildman–Crippen MR) is 62.8 cm³/mol. The number of unbranched alkanes of at least 4 members (excludes halogenated alkanes) is 3. The average molecular weight is 266 g/mol. The summed E-state index contributed by atoms with van der Waals surface area (Å²) in [6, 6.07) is 0. The number of nitrogens with zero attached hydrogens (tertiary/aromatic N) is 2. The SMILES string of the molecule is Brc1c[nH]nn1.CCCCCCP. The number of aromatic nitrogens is 3. The fourth-order valence-electron chi connectivity index (χ4n) is 0.759. The summed E-state index contributed by atoms with van der Waals surface area (Å²) in [6.45, 7) is 2.24. The Morgan fingerprint density at radius 1 is 1.46 bits per heavy atom. The van der Waals surface area contributed by atoms with Gasteiger partial charge in [0.15, 0.2) is 0 Å². The highest BCUT2D eigenvalue weighted by Crippen LogP contribution is 2.00. The first-order valence-electron chi connectivity index (χ1n) is 4.53. The van der Waals surface area contributed by atoms with E-state index < -0.39 is 0 Å². The summed E-state index contributed by atoms with van der Waals surface area (Å²) in [5, 5.41) is 9.45. The molecule has 1 N–H and O–H groups in total. The van der Waals surface area contributed by atoms with Gasteiger partial charge >= 0.3 is 0 Å². The maximum absolute atomic E-state index is 3.53. The van der Waals surface area contributed by atoms with E-state index >= 15 is 0 Å². The largest absolute Gasteiger partial charge is 0.264 e. The molecule has 0 saturated heterocycles. The summed E-state index contributed by atoms with van der Waals surface area (Å²) in [5.41, 5.74) is 0. The van der Waals surface area contributed by atoms with Crippen LogP contribution in [0.5, 0.6) is 0 Å². The monoisotopic (exact) mass is 265 g/mol. The molecule has 1 aromatic rings. The molecule has 0 spiro atoms. The van der Waals surface area contributed by atoms with Crippen molar-refractivity contribution in [3.05, 3.63) is 10.8 Å². The Kier molecular flexibility index (Phi) is 10.2. The lowest BCUT2D eigenvalue weighted by Crippen LogP contribution is -1.73. The molecule has 76 valence electrons. The minimum absolute atomic E-state index is 0.738. The number of hydrogen-bond donors (Lipinski definition) is 1. The van der Waals surface area contributed by atoms with Crippen LogP contribution in [-0.2, 0) is 0 Å². The third-order valence-electron chi connectivity index (χ3n) is 1.44. The zero-order chi connectivity index (χ0) is 9.94. The van der Waals surface area contributed by atoms with Crippen molar-refractivity contribution in [2.24, 2.45) is 0 Å². The molecule has 0 fully saturated rings. The van der Waals surface area contributed by atoms with Gasteiger partial charge < -0.3 is 0 Å². The number of H-pyrrole nitrogens is 1. The second-order valence-corrected chi connectivity index (χ2v) is 4.04. The van der Waals surface area contributed by atoms with Crippen molar-refractivity contribution in [2.75, 3.05) is 6.16 Å². The molecule has 0 bridgehead atoms. The minimum atomic E-state index is 0.738. The number of nitrogens with one attached hydrogen (secondary N) is 1. The van der Waals surface area contributed by atoms with Gasteiger partial charge in [-0.15, -0.1) is 14.3 Å². The Balaban J connectivity index is 0.000000223. The number of aromatic amines is 1. The third-order valence-corrected chi connectivity index (χ3v) is 2.24. The number of hydrogen-bond acceptors (Lipinski definition) is 2. The second kappa shape index (κ2) is 10.1. The van der Waals surface area contributed by atoms with Crippen molar-refractivity contribution in [1.29, 1.82) is 0 Å². The smallest absolute Gasteiger partial charge is 0.148 e. The van der Waals surface area contributed by atoms with Crippen molar-refractivity contribution in [3.8, 4) is 0 Å². The molecule has 3 nitrogen and oxygen atoms in total. The first-order valence-corrected chi connectivity index (χ1v) is 6.14. The molecule has 0 aliphatic rings. The van der Waals surface area contributed by atoms with Crippen LogP contribution in [0.2, 0.25) is 0 Å². The molecule has 0 aliphatic carbocycles. The summed E-state index contributed by atoms with van der Waals surface area (Å²) in [6.07, 6.45) is 8.50. The summed E-state index contributed by atoms with van der Waals surface area (Å²) in [4.78, 5) is 0. The van der Waals surface area contributed by atoms with Crippen molar-refractivity contribution in [2.45, 2.75) is 32.6 Å². The summed E-state index contributed by atoms with van der Waals surface area (Å²) in [5.74, 6) is 0. The molecule has 13 heavy (non-hydrogen) atoms. The van der Waals surface area contributed by atoms with Crippen LogP contribution in [0.4, 0.5) is 0 Å². The van der Waals surface area contributed by atoms with E-state index in [9.17, 15) is 0 Å². The molecular formula is C8H17BrN3P. The first-order chi connectivity index (χ1) is 6.31. The standard InChI is InChI=1S/C6H15P.C2H2BrN3/c1-2-3-4-5-6-7;3-2-1-4-6-5-2/h2-7H2,1H3;1H,(H,4,5,6). The summed E-state index contributed by atoms with van der Waals surface area (Å²) >= 11 is 3.08. The normalized spacial score (nSPS) is 9.15. The highest BCUT2D eigenvalue weighted by Gasteiger charge is 1.80. The van der Waals surface area contributed by atoms with Crippen molar-refractivity contribution in [3.63, 3.8) is 0 Å². The Bertz CT molecular complexity index is 176. The fourth-order valence-corrected chi connectivity index (χ4v) is 1.23. The number of rotatable bonds is 4. The van der Waals surface area contributed by atoms with Crippen molar-refractivity contribution in [1.82, 2.24) is 15.4 Å². The highest BCUT2D eigenvalue weighted by atomic mass is 79.9. The lowest BCUT2D eigenvalue weighted by atomic mass is 10.2. The third kappa shape index (κ3) is 9.97. The van der Waals surface area contributed by atoms with Crippen LogP contribution < -0.4 is 0 Å². The first kappa shape index (κ1) is 13.1. The van der Waals surface area contributed by atoms with Gasteiger partial charge in [0.25, 0.3) is 0 Å². The van der Waals surface area contributed by atoms with Gasteiger partial charge in [-0.1, -0.05) is 31.4 Å². The van der Waals surface area contributed by atoms with Gasteiger partial charge in [0.1, 0.15) is 4.60 Å². The molecule has 0 radical (unpaired) electrons. The van der Waals surface area contributed by atoms with Gasteiger partial charge in [-0.25, -0.2) is 0 Å². The fraction of sp³-hybridized carbons (Fsp3) is 0.750. The molecule has 0 aromatic carbocycles. The molecule has 1 atom stereocenters. The maximum Gasteiger partial charge on any atom is 0.148 e. The van der Waals surface area contributed by atoms with Crippen LogP contribution in [0.3, 0.4) is 0 Å². The van der Waals surface area contributed by atoms with E-state index in [2.05, 4.69) is 47.5 Å². The Morgan fingerprint density at radius 3 is 2.54 bits per heavy atom. The van der Waals surface area contributed by atoms with E-state index in [0.29, 0.717) is 0 Å². The number of halogens is 1. The summed E-state index contributed by atoms with van der Waals surface area (Å²) < 4.78 is 0.738. The molecule has 1 aromatic heterocycles. The van der Waals surface area contributed by atoms with Crippen LogP contribution in [0, 0.1) is 0 Å². The molecule has 0 aliphatic heterocycles. The van der Waals surface area contributed by atoms with E-state index in [-0.39, 0.29) is 0 Å². The average Bonchev–Trinajstić information content (AvgIpc) is 2.58. The van der Waals surface area contributed by atoms with Gasteiger partial charge in [0.2, 0.25) is 0 Å². The molecule has 1 rings (SSSR count). The topological polar surface area (TPSA) is 41.6 Å². The van der Waals surface area contributed by atoms with Gasteiger partial charge in [-0.2, -0.15) is 0 Å². The Labute approximate surface area is 90.4 Å². The molecule has 5 heteroatoms. The van der Waals surface area contributed by atoms with Crippen molar-refractivity contribution >= 4 is 25.2 Å². The zero-order valence-corrected chi connectivity index (χ0v) is 10.7. The van der Waals surface area contributed by atoms with E-state index in [1.165, 1.54) is 31.8 Å². The van der Waals surface area contributed by atoms with Crippen LogP contribution in [0.25, 0.3) is 0 Å². The predicted octanol–water partition coefficient (Wildman–Crippen LogP) is 3.01. The Hall–Kier alpha value is 0.0500. The van der Waals surface area contributed by atoms with Crippen LogP contribution in [0.15, 0.2) is 10.8 Å². The van der Waals surface area contributed by atoms with Gasteiger partial charge in [0, 0.05) is 0 Å². The van der Waals surface area contributed by atoms with Gasteiger partial charge in [0.05, 0.1) is 6.20 Å². The minimum Gasteiger partial charge on any atom is -0.264 e. The van der Waals surface area contributed by atoms with Crippen molar-refractivity contribution < 1.29 is 0 Å². The quantitative estimate of drug-likeness (QED) is 0.672. The summed E-state index contributed by atoms with van der Waals surface area (Å²) in [7, 11) is 2.75. The van der Waals surface area contributed by atoms with E-state index in [1.54, 1.807) is 6.20 Å². The molecule has 0 saturated carbocycles. The van der Waals surface area contributed by atoms with E-state index in [4.69, 9.17) is 0 Å². The van der Waals surface area contributed by atoms with Crippen LogP contribution >= 0.6 is 25.2 Å². The lowest BCUT2D eigenvalue weighted by molar-refractivity contribution is 0.706. The van der Waals surface area contributed by atoms with Gasteiger partial charge in [-0.05, 0) is 28.5 Å². The van der Waals surface area contributed by atoms with Crippen LogP contribution in [-0.4, -0.2) is 21.6 Å². The lowest BCUT2D eigenvalue weighted by Gasteiger charge is -1.90. The Morgan fingerprint density at radius 2 is 2.23 bits per heavy atom. The second-order valence-electron chi connectivity index (χ2n) is 2.65. The molecule has 0 amide bonds. The van der Waals surface area contributed by atoms with E-state index in [1.807, 2.05) is 0 Å². The van der Waals surface area contributed by atoms with Crippen LogP contribution in [0.1, 0.15) is 32.6 Å². The molecule has 1 unspecified atom stereocenters. The maximum atomic E-state index is 3.53. The zero-order valence-electron chi connectivity index (χ0n) is 7.96. The molecule has 1 heterocycles. The van der Waals surface area contributed by atoms with Gasteiger partial charge in [-0.3, -0.25) is 5.10 Å².